The van der Waals surface area contributed by atoms with Gasteiger partial charge < -0.3 is 10.6 Å². The largest absolute Gasteiger partial charge is 0.326 e. The highest BCUT2D eigenvalue weighted by molar-refractivity contribution is 5.95. The van der Waals surface area contributed by atoms with Crippen LogP contribution in [0, 0.1) is 0 Å². The second-order valence-electron chi connectivity index (χ2n) is 8.21. The van der Waals surface area contributed by atoms with Crippen molar-refractivity contribution in [3.8, 4) is 11.3 Å². The average Bonchev–Trinajstić information content (AvgIpc) is 2.67. The molecule has 1 amide bonds. The molecular formula is C23H28N4O2. The molecule has 0 saturated heterocycles. The number of fused-ring (bicyclic) bond motifs is 1. The predicted octanol–water partition coefficient (Wildman–Crippen LogP) is 4.09. The highest BCUT2D eigenvalue weighted by Crippen LogP contribution is 2.26. The highest BCUT2D eigenvalue weighted by atomic mass is 16.1. The van der Waals surface area contributed by atoms with Crippen molar-refractivity contribution in [2.24, 2.45) is 0 Å². The van der Waals surface area contributed by atoms with Crippen molar-refractivity contribution in [2.75, 3.05) is 11.9 Å². The Morgan fingerprint density at radius 1 is 1.03 bits per heavy atom. The first kappa shape index (κ1) is 20.7. The Morgan fingerprint density at radius 2 is 1.79 bits per heavy atom. The Bertz CT molecular complexity index is 1050. The molecule has 0 radical (unpaired) electrons. The summed E-state index contributed by atoms with van der Waals surface area (Å²) < 4.78 is 0. The fourth-order valence-electron chi connectivity index (χ4n) is 3.18. The lowest BCUT2D eigenvalue weighted by molar-refractivity contribution is -0.116. The summed E-state index contributed by atoms with van der Waals surface area (Å²) in [6, 6.07) is 14.9. The molecular weight excluding hydrogens is 364 g/mol. The number of carbonyl (C=O) groups is 1. The maximum Gasteiger partial charge on any atom is 0.272 e. The van der Waals surface area contributed by atoms with E-state index in [1.165, 1.54) is 0 Å². The molecule has 0 aliphatic carbocycles. The number of aromatic nitrogens is 2. The number of H-pyrrole nitrogens is 1. The number of rotatable bonds is 7. The minimum Gasteiger partial charge on any atom is -0.326 e. The third-order valence-corrected chi connectivity index (χ3v) is 4.60. The maximum absolute atomic E-state index is 12.3. The van der Waals surface area contributed by atoms with Crippen LogP contribution in [0.4, 0.5) is 5.69 Å². The van der Waals surface area contributed by atoms with E-state index in [0.717, 1.165) is 36.0 Å². The number of anilines is 1. The number of carbonyl (C=O) groups excluding carboxylic acids is 1. The summed E-state index contributed by atoms with van der Waals surface area (Å²) in [6.45, 7) is 7.30. The van der Waals surface area contributed by atoms with E-state index in [1.807, 2.05) is 42.5 Å². The van der Waals surface area contributed by atoms with E-state index < -0.39 is 0 Å². The number of hydrogen-bond acceptors (Lipinski definition) is 4. The molecule has 3 rings (SSSR count). The van der Waals surface area contributed by atoms with E-state index in [2.05, 4.69) is 41.6 Å². The summed E-state index contributed by atoms with van der Waals surface area (Å²) in [5.74, 6) is -0.00260. The van der Waals surface area contributed by atoms with E-state index >= 15 is 0 Å². The van der Waals surface area contributed by atoms with E-state index in [0.29, 0.717) is 17.5 Å². The zero-order valence-electron chi connectivity index (χ0n) is 17.2. The first-order chi connectivity index (χ1) is 13.8. The molecule has 0 aliphatic rings. The topological polar surface area (TPSA) is 86.9 Å². The fraction of sp³-hybridized carbons (Fsp3) is 0.348. The third-order valence-electron chi connectivity index (χ3n) is 4.60. The Morgan fingerprint density at radius 3 is 2.55 bits per heavy atom. The summed E-state index contributed by atoms with van der Waals surface area (Å²) >= 11 is 0. The SMILES string of the molecule is CC(C)(C)NCCCCC(=O)Nc1cccc(-c2n[nH]c(=O)c3ccccc23)c1. The Kier molecular flexibility index (Phi) is 6.44. The Labute approximate surface area is 170 Å². The molecule has 29 heavy (non-hydrogen) atoms. The van der Waals surface area contributed by atoms with Crippen molar-refractivity contribution in [1.29, 1.82) is 0 Å². The lowest BCUT2D eigenvalue weighted by Gasteiger charge is -2.20. The minimum atomic E-state index is -0.213. The van der Waals surface area contributed by atoms with Crippen molar-refractivity contribution in [3.05, 3.63) is 58.9 Å². The van der Waals surface area contributed by atoms with Gasteiger partial charge in [0.25, 0.3) is 5.56 Å². The lowest BCUT2D eigenvalue weighted by Crippen LogP contribution is -2.36. The molecule has 6 heteroatoms. The molecule has 0 saturated carbocycles. The smallest absolute Gasteiger partial charge is 0.272 e. The molecule has 0 spiro atoms. The number of nitrogens with one attached hydrogen (secondary N) is 3. The van der Waals surface area contributed by atoms with Gasteiger partial charge in [-0.3, -0.25) is 9.59 Å². The summed E-state index contributed by atoms with van der Waals surface area (Å²) in [5, 5.41) is 14.5. The van der Waals surface area contributed by atoms with E-state index in [1.54, 1.807) is 6.07 Å². The third kappa shape index (κ3) is 5.74. The van der Waals surface area contributed by atoms with Crippen LogP contribution >= 0.6 is 0 Å². The quantitative estimate of drug-likeness (QED) is 0.529. The van der Waals surface area contributed by atoms with Gasteiger partial charge in [-0.25, -0.2) is 5.10 Å². The summed E-state index contributed by atoms with van der Waals surface area (Å²) in [5.41, 5.74) is 2.13. The van der Waals surface area contributed by atoms with Crippen LogP contribution in [-0.2, 0) is 4.79 Å². The predicted molar refractivity (Wildman–Crippen MR) is 118 cm³/mol. The number of aromatic amines is 1. The summed E-state index contributed by atoms with van der Waals surface area (Å²) in [4.78, 5) is 24.3. The van der Waals surface area contributed by atoms with Crippen LogP contribution in [0.1, 0.15) is 40.0 Å². The van der Waals surface area contributed by atoms with Crippen LogP contribution in [0.25, 0.3) is 22.0 Å². The van der Waals surface area contributed by atoms with Gasteiger partial charge in [-0.2, -0.15) is 5.10 Å². The molecule has 6 nitrogen and oxygen atoms in total. The zero-order chi connectivity index (χ0) is 20.9. The van der Waals surface area contributed by atoms with Gasteiger partial charge in [0.2, 0.25) is 5.91 Å². The first-order valence-electron chi connectivity index (χ1n) is 9.96. The number of amides is 1. The molecule has 0 aliphatic heterocycles. The first-order valence-corrected chi connectivity index (χ1v) is 9.96. The van der Waals surface area contributed by atoms with Crippen LogP contribution in [0.5, 0.6) is 0 Å². The number of benzene rings is 2. The second kappa shape index (κ2) is 9.01. The van der Waals surface area contributed by atoms with Crippen molar-refractivity contribution < 1.29 is 4.79 Å². The Balaban J connectivity index is 1.66. The van der Waals surface area contributed by atoms with E-state index in [9.17, 15) is 9.59 Å². The van der Waals surface area contributed by atoms with Gasteiger partial charge in [-0.1, -0.05) is 30.3 Å². The molecule has 2 aromatic carbocycles. The number of hydrogen-bond donors (Lipinski definition) is 3. The van der Waals surface area contributed by atoms with Crippen molar-refractivity contribution in [1.82, 2.24) is 15.5 Å². The lowest BCUT2D eigenvalue weighted by atomic mass is 10.0. The summed E-state index contributed by atoms with van der Waals surface area (Å²) in [6.07, 6.45) is 2.27. The summed E-state index contributed by atoms with van der Waals surface area (Å²) in [7, 11) is 0. The molecule has 0 atom stereocenters. The molecule has 0 unspecified atom stereocenters. The number of unbranched alkanes of at least 4 members (excludes halogenated alkanes) is 1. The van der Waals surface area contributed by atoms with E-state index in [4.69, 9.17) is 0 Å². The monoisotopic (exact) mass is 392 g/mol. The molecule has 0 bridgehead atoms. The van der Waals surface area contributed by atoms with Crippen molar-refractivity contribution in [3.63, 3.8) is 0 Å². The highest BCUT2D eigenvalue weighted by Gasteiger charge is 2.10. The maximum atomic E-state index is 12.3. The van der Waals surface area contributed by atoms with Crippen LogP contribution in [0.15, 0.2) is 53.3 Å². The van der Waals surface area contributed by atoms with Crippen molar-refractivity contribution in [2.45, 2.75) is 45.6 Å². The molecule has 3 N–H and O–H groups in total. The van der Waals surface area contributed by atoms with Gasteiger partial charge in [0.15, 0.2) is 0 Å². The molecule has 3 aromatic rings. The van der Waals surface area contributed by atoms with Crippen LogP contribution in [0.3, 0.4) is 0 Å². The second-order valence-corrected chi connectivity index (χ2v) is 8.21. The van der Waals surface area contributed by atoms with Gasteiger partial charge in [-0.05, 0) is 58.4 Å². The normalized spacial score (nSPS) is 11.6. The van der Waals surface area contributed by atoms with Gasteiger partial charge in [0.05, 0.1) is 11.1 Å². The van der Waals surface area contributed by atoms with Crippen molar-refractivity contribution >= 4 is 22.4 Å². The van der Waals surface area contributed by atoms with Crippen LogP contribution in [-0.4, -0.2) is 28.2 Å². The molecule has 152 valence electrons. The van der Waals surface area contributed by atoms with E-state index in [-0.39, 0.29) is 17.0 Å². The Hall–Kier alpha value is -2.99. The molecule has 1 aromatic heterocycles. The van der Waals surface area contributed by atoms with Crippen LogP contribution in [0.2, 0.25) is 0 Å². The standard InChI is InChI=1S/C23H28N4O2/c1-23(2,3)24-14-7-6-13-20(28)25-17-10-8-9-16(15-17)21-18-11-4-5-12-19(18)22(29)27-26-21/h4-5,8-12,15,24H,6-7,13-14H2,1-3H3,(H,25,28)(H,27,29). The van der Waals surface area contributed by atoms with Gasteiger partial charge in [0.1, 0.15) is 0 Å². The van der Waals surface area contributed by atoms with Gasteiger partial charge >= 0.3 is 0 Å². The van der Waals surface area contributed by atoms with Crippen LogP contribution < -0.4 is 16.2 Å². The molecule has 1 heterocycles. The average molecular weight is 393 g/mol. The van der Waals surface area contributed by atoms with Gasteiger partial charge in [0, 0.05) is 28.6 Å². The fourth-order valence-corrected chi connectivity index (χ4v) is 3.18. The minimum absolute atomic E-state index is 0.00260. The van der Waals surface area contributed by atoms with Gasteiger partial charge in [-0.15, -0.1) is 0 Å². The number of nitrogens with zero attached hydrogens (tertiary/aromatic N) is 1. The zero-order valence-corrected chi connectivity index (χ0v) is 17.2. The molecule has 0 fully saturated rings.